The molecule has 1 heterocycles. The van der Waals surface area contributed by atoms with Crippen molar-refractivity contribution in [2.75, 3.05) is 6.54 Å². The van der Waals surface area contributed by atoms with Crippen LogP contribution >= 0.6 is 0 Å². The van der Waals surface area contributed by atoms with Crippen molar-refractivity contribution in [2.24, 2.45) is 17.4 Å². The molecule has 10 heteroatoms. The van der Waals surface area contributed by atoms with Gasteiger partial charge in [-0.25, -0.2) is 9.78 Å². The van der Waals surface area contributed by atoms with E-state index < -0.39 is 35.9 Å². The summed E-state index contributed by atoms with van der Waals surface area (Å²) in [5.41, 5.74) is 12.0. The number of H-pyrrole nitrogens is 1. The fourth-order valence-electron chi connectivity index (χ4n) is 2.68. The number of hydrogen-bond acceptors (Lipinski definition) is 6. The fraction of sp³-hybridized carbons (Fsp3) is 0.667. The van der Waals surface area contributed by atoms with Crippen LogP contribution in [0.1, 0.15) is 45.2 Å². The number of nitrogens with two attached hydrogens (primary N) is 2. The lowest BCUT2D eigenvalue weighted by molar-refractivity contribution is -0.143. The Morgan fingerprint density at radius 3 is 2.50 bits per heavy atom. The zero-order valence-corrected chi connectivity index (χ0v) is 16.5. The molecule has 1 aromatic heterocycles. The first-order valence-corrected chi connectivity index (χ1v) is 9.56. The van der Waals surface area contributed by atoms with Crippen LogP contribution in [0.2, 0.25) is 0 Å². The number of aliphatic carboxylic acids is 1. The van der Waals surface area contributed by atoms with Gasteiger partial charge in [0.05, 0.1) is 12.4 Å². The Hall–Kier alpha value is -2.46. The van der Waals surface area contributed by atoms with E-state index in [0.717, 1.165) is 6.42 Å². The number of amides is 2. The highest BCUT2D eigenvalue weighted by Crippen LogP contribution is 2.09. The normalized spacial score (nSPS) is 15.3. The molecule has 0 spiro atoms. The van der Waals surface area contributed by atoms with E-state index in [0.29, 0.717) is 31.5 Å². The van der Waals surface area contributed by atoms with E-state index in [4.69, 9.17) is 11.5 Å². The summed E-state index contributed by atoms with van der Waals surface area (Å²) < 4.78 is 0. The van der Waals surface area contributed by atoms with E-state index in [2.05, 4.69) is 20.6 Å². The third-order valence-electron chi connectivity index (χ3n) is 4.69. The topological polar surface area (TPSA) is 176 Å². The predicted octanol–water partition coefficient (Wildman–Crippen LogP) is -0.491. The van der Waals surface area contributed by atoms with Crippen LogP contribution in [0, 0.1) is 5.92 Å². The summed E-state index contributed by atoms with van der Waals surface area (Å²) in [7, 11) is 0. The SMILES string of the molecule is CCC(C)C(NC(=O)C(Cc1cnc[nH]1)NC(=O)C(N)CCCCN)C(=O)O. The van der Waals surface area contributed by atoms with Crippen LogP contribution in [0.25, 0.3) is 0 Å². The molecule has 0 bridgehead atoms. The van der Waals surface area contributed by atoms with E-state index in [1.165, 1.54) is 12.5 Å². The molecule has 8 N–H and O–H groups in total. The maximum Gasteiger partial charge on any atom is 0.326 e. The third-order valence-corrected chi connectivity index (χ3v) is 4.69. The lowest BCUT2D eigenvalue weighted by Gasteiger charge is -2.25. The molecule has 28 heavy (non-hydrogen) atoms. The predicted molar refractivity (Wildman–Crippen MR) is 104 cm³/mol. The number of carboxylic acid groups (broad SMARTS) is 1. The Balaban J connectivity index is 2.84. The summed E-state index contributed by atoms with van der Waals surface area (Å²) in [5, 5.41) is 14.6. The number of aromatic nitrogens is 2. The molecule has 0 radical (unpaired) electrons. The zero-order valence-electron chi connectivity index (χ0n) is 16.5. The molecule has 4 atom stereocenters. The van der Waals surface area contributed by atoms with Crippen LogP contribution in [-0.4, -0.2) is 57.5 Å². The van der Waals surface area contributed by atoms with Crippen LogP contribution in [0.4, 0.5) is 0 Å². The van der Waals surface area contributed by atoms with Gasteiger partial charge in [0.2, 0.25) is 11.8 Å². The summed E-state index contributed by atoms with van der Waals surface area (Å²) in [5.74, 6) is -2.42. The molecule has 2 amide bonds. The van der Waals surface area contributed by atoms with Crippen molar-refractivity contribution in [1.82, 2.24) is 20.6 Å². The lowest BCUT2D eigenvalue weighted by atomic mass is 9.98. The number of imidazole rings is 1. The van der Waals surface area contributed by atoms with Crippen LogP contribution in [0.5, 0.6) is 0 Å². The molecule has 0 saturated carbocycles. The Morgan fingerprint density at radius 2 is 1.96 bits per heavy atom. The lowest BCUT2D eigenvalue weighted by Crippen LogP contribution is -2.56. The van der Waals surface area contributed by atoms with Crippen molar-refractivity contribution in [3.63, 3.8) is 0 Å². The third kappa shape index (κ3) is 7.65. The molecule has 0 aliphatic carbocycles. The number of aromatic amines is 1. The Labute approximate surface area is 164 Å². The van der Waals surface area contributed by atoms with Gasteiger partial charge in [0.25, 0.3) is 0 Å². The minimum atomic E-state index is -1.12. The minimum Gasteiger partial charge on any atom is -0.480 e. The molecule has 0 aliphatic rings. The van der Waals surface area contributed by atoms with Crippen LogP contribution in [-0.2, 0) is 20.8 Å². The van der Waals surface area contributed by atoms with Crippen LogP contribution in [0.3, 0.4) is 0 Å². The van der Waals surface area contributed by atoms with Gasteiger partial charge in [-0.15, -0.1) is 0 Å². The number of carbonyl (C=O) groups is 3. The summed E-state index contributed by atoms with van der Waals surface area (Å²) in [4.78, 5) is 43.4. The number of nitrogens with one attached hydrogen (secondary N) is 3. The Kier molecular flexibility index (Phi) is 10.2. The Morgan fingerprint density at radius 1 is 1.25 bits per heavy atom. The highest BCUT2D eigenvalue weighted by Gasteiger charge is 2.30. The van der Waals surface area contributed by atoms with Gasteiger partial charge >= 0.3 is 5.97 Å². The quantitative estimate of drug-likeness (QED) is 0.244. The number of carbonyl (C=O) groups excluding carboxylic acids is 2. The summed E-state index contributed by atoms with van der Waals surface area (Å²) in [6, 6.07) is -2.79. The molecule has 0 fully saturated rings. The number of rotatable bonds is 13. The number of hydrogen-bond donors (Lipinski definition) is 6. The van der Waals surface area contributed by atoms with Gasteiger partial charge in [0, 0.05) is 18.3 Å². The first-order chi connectivity index (χ1) is 13.3. The Bertz CT molecular complexity index is 622. The van der Waals surface area contributed by atoms with Gasteiger partial charge in [-0.05, 0) is 25.3 Å². The first kappa shape index (κ1) is 23.6. The van der Waals surface area contributed by atoms with Crippen molar-refractivity contribution < 1.29 is 19.5 Å². The van der Waals surface area contributed by atoms with E-state index in [-0.39, 0.29) is 12.3 Å². The number of unbranched alkanes of at least 4 members (excludes halogenated alkanes) is 1. The fourth-order valence-corrected chi connectivity index (χ4v) is 2.68. The second-order valence-corrected chi connectivity index (χ2v) is 6.94. The number of carboxylic acids is 1. The molecular formula is C18H32N6O4. The monoisotopic (exact) mass is 396 g/mol. The van der Waals surface area contributed by atoms with Gasteiger partial charge in [-0.2, -0.15) is 0 Å². The van der Waals surface area contributed by atoms with Gasteiger partial charge < -0.3 is 32.2 Å². The van der Waals surface area contributed by atoms with Crippen molar-refractivity contribution in [3.05, 3.63) is 18.2 Å². The van der Waals surface area contributed by atoms with E-state index in [1.54, 1.807) is 6.92 Å². The molecule has 1 aromatic rings. The molecule has 4 unspecified atom stereocenters. The second-order valence-electron chi connectivity index (χ2n) is 6.94. The van der Waals surface area contributed by atoms with Gasteiger partial charge in [-0.3, -0.25) is 9.59 Å². The average Bonchev–Trinajstić information content (AvgIpc) is 3.17. The molecule has 158 valence electrons. The first-order valence-electron chi connectivity index (χ1n) is 9.56. The van der Waals surface area contributed by atoms with E-state index >= 15 is 0 Å². The van der Waals surface area contributed by atoms with Crippen molar-refractivity contribution in [1.29, 1.82) is 0 Å². The molecule has 0 saturated heterocycles. The standard InChI is InChI=1S/C18H32N6O4/c1-3-11(2)15(18(27)28)24-17(26)14(8-12-9-21-10-22-12)23-16(25)13(20)6-4-5-7-19/h9-11,13-15H,3-8,19-20H2,1-2H3,(H,21,22)(H,23,25)(H,24,26)(H,27,28). The molecular weight excluding hydrogens is 364 g/mol. The molecule has 0 aromatic carbocycles. The van der Waals surface area contributed by atoms with Crippen LogP contribution in [0.15, 0.2) is 12.5 Å². The van der Waals surface area contributed by atoms with Crippen LogP contribution < -0.4 is 22.1 Å². The van der Waals surface area contributed by atoms with E-state index in [1.807, 2.05) is 6.92 Å². The van der Waals surface area contributed by atoms with Gasteiger partial charge in [0.1, 0.15) is 12.1 Å². The van der Waals surface area contributed by atoms with Crippen molar-refractivity contribution in [3.8, 4) is 0 Å². The molecule has 1 rings (SSSR count). The molecule has 10 nitrogen and oxygen atoms in total. The van der Waals surface area contributed by atoms with Crippen molar-refractivity contribution in [2.45, 2.75) is 64.1 Å². The second kappa shape index (κ2) is 12.1. The number of nitrogens with zero attached hydrogens (tertiary/aromatic N) is 1. The largest absolute Gasteiger partial charge is 0.480 e. The van der Waals surface area contributed by atoms with E-state index in [9.17, 15) is 19.5 Å². The summed E-state index contributed by atoms with van der Waals surface area (Å²) in [6.07, 6.45) is 5.64. The average molecular weight is 396 g/mol. The smallest absolute Gasteiger partial charge is 0.326 e. The molecule has 0 aliphatic heterocycles. The highest BCUT2D eigenvalue weighted by atomic mass is 16.4. The van der Waals surface area contributed by atoms with Gasteiger partial charge in [0.15, 0.2) is 0 Å². The van der Waals surface area contributed by atoms with Gasteiger partial charge in [-0.1, -0.05) is 26.7 Å². The summed E-state index contributed by atoms with van der Waals surface area (Å²) >= 11 is 0. The minimum absolute atomic E-state index is 0.139. The zero-order chi connectivity index (χ0) is 21.1. The maximum atomic E-state index is 12.7. The van der Waals surface area contributed by atoms with Crippen molar-refractivity contribution >= 4 is 17.8 Å². The summed E-state index contributed by atoms with van der Waals surface area (Å²) in [6.45, 7) is 4.11. The maximum absolute atomic E-state index is 12.7. The highest BCUT2D eigenvalue weighted by molar-refractivity contribution is 5.92.